The zero-order chi connectivity index (χ0) is 15.9. The molecule has 0 radical (unpaired) electrons. The first-order valence-corrected chi connectivity index (χ1v) is 9.22. The molecule has 1 unspecified atom stereocenters. The molecule has 0 aliphatic rings. The summed E-state index contributed by atoms with van der Waals surface area (Å²) in [6.07, 6.45) is 2.87. The van der Waals surface area contributed by atoms with E-state index in [0.29, 0.717) is 11.4 Å². The summed E-state index contributed by atoms with van der Waals surface area (Å²) in [5.41, 5.74) is 1.87. The van der Waals surface area contributed by atoms with Crippen molar-refractivity contribution < 1.29 is 8.42 Å². The normalized spacial score (nSPS) is 13.3. The van der Waals surface area contributed by atoms with E-state index in [9.17, 15) is 8.42 Å². The first-order valence-electron chi connectivity index (χ1n) is 7.73. The zero-order valence-electron chi connectivity index (χ0n) is 13.6. The van der Waals surface area contributed by atoms with Crippen LogP contribution in [0, 0.1) is 6.92 Å². The topological polar surface area (TPSA) is 58.2 Å². The van der Waals surface area contributed by atoms with Crippen molar-refractivity contribution in [2.24, 2.45) is 0 Å². The summed E-state index contributed by atoms with van der Waals surface area (Å²) in [4.78, 5) is 0.390. The quantitative estimate of drug-likeness (QED) is 0.689. The maximum Gasteiger partial charge on any atom is 0.241 e. The Labute approximate surface area is 129 Å². The largest absolute Gasteiger partial charge is 0.313 e. The van der Waals surface area contributed by atoms with Crippen molar-refractivity contribution in [2.45, 2.75) is 64.4 Å². The second-order valence-corrected chi connectivity index (χ2v) is 7.21. The summed E-state index contributed by atoms with van der Waals surface area (Å²) in [5.74, 6) is 0. The van der Waals surface area contributed by atoms with Crippen LogP contribution >= 0.6 is 0 Å². The van der Waals surface area contributed by atoms with E-state index in [1.165, 1.54) is 0 Å². The van der Waals surface area contributed by atoms with Crippen molar-refractivity contribution in [1.29, 1.82) is 0 Å². The van der Waals surface area contributed by atoms with Gasteiger partial charge in [-0.25, -0.2) is 13.1 Å². The molecule has 0 aromatic heterocycles. The van der Waals surface area contributed by atoms with Crippen LogP contribution in [-0.4, -0.2) is 21.0 Å². The van der Waals surface area contributed by atoms with Gasteiger partial charge in [-0.2, -0.15) is 0 Å². The molecule has 0 heterocycles. The number of sulfonamides is 1. The van der Waals surface area contributed by atoms with Gasteiger partial charge in [-0.05, 0) is 50.4 Å². The van der Waals surface area contributed by atoms with Gasteiger partial charge in [-0.1, -0.05) is 32.4 Å². The minimum Gasteiger partial charge on any atom is -0.313 e. The molecular formula is C16H28N2O2S. The average molecular weight is 312 g/mol. The Bertz CT molecular complexity index is 541. The molecule has 0 bridgehead atoms. The van der Waals surface area contributed by atoms with Gasteiger partial charge in [0.25, 0.3) is 0 Å². The first kappa shape index (κ1) is 18.1. The molecule has 1 aromatic rings. The van der Waals surface area contributed by atoms with E-state index < -0.39 is 10.0 Å². The number of rotatable bonds is 9. The lowest BCUT2D eigenvalue weighted by molar-refractivity contribution is 0.543. The van der Waals surface area contributed by atoms with E-state index in [-0.39, 0.29) is 6.04 Å². The van der Waals surface area contributed by atoms with Crippen LogP contribution in [0.1, 0.15) is 51.2 Å². The fraction of sp³-hybridized carbons (Fsp3) is 0.625. The minimum absolute atomic E-state index is 0.0405. The number of hydrogen-bond donors (Lipinski definition) is 2. The molecule has 21 heavy (non-hydrogen) atoms. The van der Waals surface area contributed by atoms with Crippen LogP contribution in [0.15, 0.2) is 23.1 Å². The lowest BCUT2D eigenvalue weighted by Crippen LogP contribution is -2.33. The molecule has 0 saturated heterocycles. The molecule has 1 atom stereocenters. The summed E-state index contributed by atoms with van der Waals surface area (Å²) in [6, 6.07) is 5.43. The highest BCUT2D eigenvalue weighted by atomic mass is 32.2. The van der Waals surface area contributed by atoms with Crippen LogP contribution < -0.4 is 10.0 Å². The molecule has 5 heteroatoms. The molecule has 0 saturated carbocycles. The summed E-state index contributed by atoms with van der Waals surface area (Å²) in [7, 11) is -3.44. The van der Waals surface area contributed by atoms with E-state index in [1.807, 2.05) is 26.0 Å². The number of benzene rings is 1. The maximum atomic E-state index is 12.5. The lowest BCUT2D eigenvalue weighted by atomic mass is 10.1. The summed E-state index contributed by atoms with van der Waals surface area (Å²) < 4.78 is 27.7. The molecule has 0 aliphatic heterocycles. The fourth-order valence-electron chi connectivity index (χ4n) is 2.36. The van der Waals surface area contributed by atoms with Gasteiger partial charge >= 0.3 is 0 Å². The molecule has 2 N–H and O–H groups in total. The second kappa shape index (κ2) is 8.51. The van der Waals surface area contributed by atoms with E-state index in [4.69, 9.17) is 0 Å². The van der Waals surface area contributed by atoms with Gasteiger partial charge in [-0.3, -0.25) is 0 Å². The van der Waals surface area contributed by atoms with Crippen LogP contribution in [0.5, 0.6) is 0 Å². The van der Waals surface area contributed by atoms with E-state index in [2.05, 4.69) is 23.9 Å². The predicted molar refractivity (Wildman–Crippen MR) is 87.9 cm³/mol. The van der Waals surface area contributed by atoms with Crippen LogP contribution in [0.3, 0.4) is 0 Å². The average Bonchev–Trinajstić information content (AvgIpc) is 2.40. The van der Waals surface area contributed by atoms with Crippen LogP contribution in [0.2, 0.25) is 0 Å². The van der Waals surface area contributed by atoms with Gasteiger partial charge in [0.2, 0.25) is 10.0 Å². The molecule has 0 amide bonds. The third kappa shape index (κ3) is 5.41. The van der Waals surface area contributed by atoms with Gasteiger partial charge in [0.15, 0.2) is 0 Å². The summed E-state index contributed by atoms with van der Waals surface area (Å²) >= 11 is 0. The Hall–Kier alpha value is -0.910. The van der Waals surface area contributed by atoms with Gasteiger partial charge in [0.1, 0.15) is 0 Å². The molecule has 120 valence electrons. The maximum absolute atomic E-state index is 12.5. The van der Waals surface area contributed by atoms with Crippen LogP contribution in [0.4, 0.5) is 0 Å². The number of hydrogen-bond acceptors (Lipinski definition) is 3. The first-order chi connectivity index (χ1) is 9.92. The van der Waals surface area contributed by atoms with Gasteiger partial charge in [0, 0.05) is 12.6 Å². The Morgan fingerprint density at radius 1 is 1.19 bits per heavy atom. The van der Waals surface area contributed by atoms with Crippen molar-refractivity contribution in [3.05, 3.63) is 29.3 Å². The Kier molecular flexibility index (Phi) is 7.35. The molecule has 1 rings (SSSR count). The predicted octanol–water partition coefficient (Wildman–Crippen LogP) is 2.96. The van der Waals surface area contributed by atoms with Crippen molar-refractivity contribution in [3.63, 3.8) is 0 Å². The van der Waals surface area contributed by atoms with Gasteiger partial charge in [0.05, 0.1) is 4.90 Å². The zero-order valence-corrected chi connectivity index (χ0v) is 14.4. The highest BCUT2D eigenvalue weighted by molar-refractivity contribution is 7.89. The van der Waals surface area contributed by atoms with Crippen molar-refractivity contribution in [3.8, 4) is 0 Å². The van der Waals surface area contributed by atoms with Gasteiger partial charge in [-0.15, -0.1) is 0 Å². The summed E-state index contributed by atoms with van der Waals surface area (Å²) in [5, 5.41) is 3.32. The third-order valence-electron chi connectivity index (χ3n) is 3.51. The lowest BCUT2D eigenvalue weighted by Gasteiger charge is -2.16. The summed E-state index contributed by atoms with van der Waals surface area (Å²) in [6.45, 7) is 9.58. The third-order valence-corrected chi connectivity index (χ3v) is 5.24. The molecule has 1 aromatic carbocycles. The molecular weight excluding hydrogens is 284 g/mol. The van der Waals surface area contributed by atoms with Crippen LogP contribution in [0.25, 0.3) is 0 Å². The molecule has 0 aliphatic carbocycles. The van der Waals surface area contributed by atoms with Crippen LogP contribution in [-0.2, 0) is 16.6 Å². The molecule has 4 nitrogen and oxygen atoms in total. The standard InChI is InChI=1S/C16H28N2O2S/c1-5-8-13(3)18-21(19,20)16-10-7-9-15(14(16)4)12-17-11-6-2/h7,9-10,13,17-18H,5-6,8,11-12H2,1-4H3. The van der Waals surface area contributed by atoms with E-state index in [1.54, 1.807) is 6.07 Å². The van der Waals surface area contributed by atoms with Crippen molar-refractivity contribution in [2.75, 3.05) is 6.54 Å². The van der Waals surface area contributed by atoms with E-state index in [0.717, 1.165) is 36.9 Å². The highest BCUT2D eigenvalue weighted by Gasteiger charge is 2.20. The Balaban J connectivity index is 2.94. The number of nitrogens with one attached hydrogen (secondary N) is 2. The van der Waals surface area contributed by atoms with Crippen molar-refractivity contribution >= 4 is 10.0 Å². The molecule has 0 spiro atoms. The van der Waals surface area contributed by atoms with Crippen molar-refractivity contribution in [1.82, 2.24) is 10.0 Å². The van der Waals surface area contributed by atoms with E-state index >= 15 is 0 Å². The smallest absolute Gasteiger partial charge is 0.241 e. The molecule has 0 fully saturated rings. The fourth-order valence-corrected chi connectivity index (χ4v) is 3.93. The monoisotopic (exact) mass is 312 g/mol. The SMILES string of the molecule is CCCNCc1cccc(S(=O)(=O)NC(C)CCC)c1C. The Morgan fingerprint density at radius 3 is 2.52 bits per heavy atom. The van der Waals surface area contributed by atoms with Gasteiger partial charge < -0.3 is 5.32 Å². The Morgan fingerprint density at radius 2 is 1.90 bits per heavy atom. The second-order valence-electron chi connectivity index (χ2n) is 5.53. The minimum atomic E-state index is -3.44. The highest BCUT2D eigenvalue weighted by Crippen LogP contribution is 2.19.